The van der Waals surface area contributed by atoms with Crippen molar-refractivity contribution in [2.24, 2.45) is 17.6 Å². The summed E-state index contributed by atoms with van der Waals surface area (Å²) in [5.41, 5.74) is 7.62. The normalized spacial score (nSPS) is 20.4. The van der Waals surface area contributed by atoms with Crippen LogP contribution in [0.25, 0.3) is 5.69 Å². The summed E-state index contributed by atoms with van der Waals surface area (Å²) in [6, 6.07) is 6.23. The van der Waals surface area contributed by atoms with Gasteiger partial charge in [-0.1, -0.05) is 0 Å². The zero-order chi connectivity index (χ0) is 19.4. The number of likely N-dealkylation sites (tertiary alicyclic amines) is 1. The first-order valence-electron chi connectivity index (χ1n) is 8.78. The molecule has 2 unspecified atom stereocenters. The lowest BCUT2D eigenvalue weighted by Crippen LogP contribution is -2.45. The number of nitrogens with two attached hydrogens (primary N) is 1. The Morgan fingerprint density at radius 2 is 2.11 bits per heavy atom. The molecule has 0 bridgehead atoms. The Kier molecular flexibility index (Phi) is 5.82. The first-order chi connectivity index (χ1) is 13.0. The number of carbonyl (C=O) groups excluding carboxylic acids is 1. The molecule has 1 fully saturated rings. The SMILES string of the molecule is COC(=O)C1CC(CN)CN(Cc2cnn(-c3ccc([N+](=O)[O-])cc3)c2)C1. The van der Waals surface area contributed by atoms with Crippen LogP contribution in [0.2, 0.25) is 0 Å². The molecule has 1 aliphatic heterocycles. The van der Waals surface area contributed by atoms with Gasteiger partial charge in [0.2, 0.25) is 0 Å². The lowest BCUT2D eigenvalue weighted by molar-refractivity contribution is -0.384. The third-order valence-corrected chi connectivity index (χ3v) is 4.85. The van der Waals surface area contributed by atoms with Crippen molar-refractivity contribution in [2.75, 3.05) is 26.7 Å². The van der Waals surface area contributed by atoms with Gasteiger partial charge in [-0.25, -0.2) is 4.68 Å². The molecule has 144 valence electrons. The van der Waals surface area contributed by atoms with Gasteiger partial charge in [-0.15, -0.1) is 0 Å². The lowest BCUT2D eigenvalue weighted by atomic mass is 9.89. The number of rotatable bonds is 6. The molecule has 2 N–H and O–H groups in total. The average molecular weight is 373 g/mol. The number of nitro groups is 1. The van der Waals surface area contributed by atoms with E-state index in [-0.39, 0.29) is 23.5 Å². The molecule has 9 nitrogen and oxygen atoms in total. The fourth-order valence-electron chi connectivity index (χ4n) is 3.51. The van der Waals surface area contributed by atoms with E-state index >= 15 is 0 Å². The highest BCUT2D eigenvalue weighted by atomic mass is 16.6. The van der Waals surface area contributed by atoms with Crippen molar-refractivity contribution in [3.8, 4) is 5.69 Å². The third-order valence-electron chi connectivity index (χ3n) is 4.85. The van der Waals surface area contributed by atoms with Gasteiger partial charge in [-0.3, -0.25) is 19.8 Å². The zero-order valence-corrected chi connectivity index (χ0v) is 15.2. The molecule has 9 heteroatoms. The van der Waals surface area contributed by atoms with E-state index in [4.69, 9.17) is 10.5 Å². The van der Waals surface area contributed by atoms with E-state index in [0.717, 1.165) is 24.2 Å². The molecule has 2 heterocycles. The van der Waals surface area contributed by atoms with Gasteiger partial charge in [-0.05, 0) is 31.0 Å². The Morgan fingerprint density at radius 1 is 1.37 bits per heavy atom. The maximum Gasteiger partial charge on any atom is 0.309 e. The minimum Gasteiger partial charge on any atom is -0.469 e. The van der Waals surface area contributed by atoms with Crippen molar-refractivity contribution in [1.29, 1.82) is 0 Å². The van der Waals surface area contributed by atoms with Crippen LogP contribution in [-0.2, 0) is 16.1 Å². The van der Waals surface area contributed by atoms with Crippen LogP contribution in [0, 0.1) is 22.0 Å². The number of piperidine rings is 1. The van der Waals surface area contributed by atoms with E-state index < -0.39 is 4.92 Å². The fraction of sp³-hybridized carbons (Fsp3) is 0.444. The minimum absolute atomic E-state index is 0.0427. The number of hydrogen-bond acceptors (Lipinski definition) is 7. The molecule has 0 radical (unpaired) electrons. The molecule has 2 atom stereocenters. The van der Waals surface area contributed by atoms with E-state index in [9.17, 15) is 14.9 Å². The number of aromatic nitrogens is 2. The Labute approximate surface area is 156 Å². The third kappa shape index (κ3) is 4.50. The highest BCUT2D eigenvalue weighted by Gasteiger charge is 2.31. The van der Waals surface area contributed by atoms with Gasteiger partial charge in [0.25, 0.3) is 5.69 Å². The van der Waals surface area contributed by atoms with Crippen LogP contribution in [0.3, 0.4) is 0 Å². The maximum atomic E-state index is 11.9. The number of benzene rings is 1. The van der Waals surface area contributed by atoms with Gasteiger partial charge in [0.1, 0.15) is 0 Å². The van der Waals surface area contributed by atoms with Gasteiger partial charge in [0.15, 0.2) is 0 Å². The average Bonchev–Trinajstić information content (AvgIpc) is 3.15. The predicted molar refractivity (Wildman–Crippen MR) is 98.2 cm³/mol. The summed E-state index contributed by atoms with van der Waals surface area (Å²) in [6.07, 6.45) is 4.41. The number of ether oxygens (including phenoxy) is 1. The van der Waals surface area contributed by atoms with Gasteiger partial charge >= 0.3 is 5.97 Å². The predicted octanol–water partition coefficient (Wildman–Crippen LogP) is 1.35. The highest BCUT2D eigenvalue weighted by Crippen LogP contribution is 2.24. The maximum absolute atomic E-state index is 11.9. The first kappa shape index (κ1) is 19.0. The Bertz CT molecular complexity index is 804. The molecule has 0 amide bonds. The van der Waals surface area contributed by atoms with Crippen LogP contribution >= 0.6 is 0 Å². The number of carbonyl (C=O) groups is 1. The van der Waals surface area contributed by atoms with Gasteiger partial charge in [-0.2, -0.15) is 5.10 Å². The topological polar surface area (TPSA) is 117 Å². The van der Waals surface area contributed by atoms with Crippen LogP contribution in [0.4, 0.5) is 5.69 Å². The van der Waals surface area contributed by atoms with Crippen molar-refractivity contribution in [3.63, 3.8) is 0 Å². The molecule has 2 aromatic rings. The van der Waals surface area contributed by atoms with Crippen molar-refractivity contribution in [1.82, 2.24) is 14.7 Å². The van der Waals surface area contributed by atoms with Gasteiger partial charge in [0.05, 0.1) is 29.8 Å². The summed E-state index contributed by atoms with van der Waals surface area (Å²) >= 11 is 0. The van der Waals surface area contributed by atoms with E-state index in [1.165, 1.54) is 19.2 Å². The second-order valence-corrected chi connectivity index (χ2v) is 6.82. The van der Waals surface area contributed by atoms with Gasteiger partial charge in [0, 0.05) is 43.5 Å². The monoisotopic (exact) mass is 373 g/mol. The van der Waals surface area contributed by atoms with Crippen LogP contribution in [-0.4, -0.2) is 52.3 Å². The number of nitro benzene ring substituents is 1. The summed E-state index contributed by atoms with van der Waals surface area (Å²) < 4.78 is 6.58. The second kappa shape index (κ2) is 8.28. The summed E-state index contributed by atoms with van der Waals surface area (Å²) in [6.45, 7) is 2.64. The number of non-ortho nitro benzene ring substituents is 1. The Balaban J connectivity index is 1.69. The standard InChI is InChI=1S/C18H23N5O4/c1-27-18(24)15-6-13(7-19)9-21(12-15)10-14-8-20-22(11-14)16-2-4-17(5-3-16)23(25)26/h2-5,8,11,13,15H,6-7,9-10,12,19H2,1H3. The molecule has 0 saturated carbocycles. The molecular weight excluding hydrogens is 350 g/mol. The largest absolute Gasteiger partial charge is 0.469 e. The molecule has 1 saturated heterocycles. The number of nitrogens with zero attached hydrogens (tertiary/aromatic N) is 4. The van der Waals surface area contributed by atoms with Crippen LogP contribution in [0.1, 0.15) is 12.0 Å². The molecule has 1 aromatic carbocycles. The zero-order valence-electron chi connectivity index (χ0n) is 15.2. The van der Waals surface area contributed by atoms with E-state index in [0.29, 0.717) is 19.6 Å². The van der Waals surface area contributed by atoms with Crippen molar-refractivity contribution in [2.45, 2.75) is 13.0 Å². The smallest absolute Gasteiger partial charge is 0.309 e. The highest BCUT2D eigenvalue weighted by molar-refractivity contribution is 5.72. The van der Waals surface area contributed by atoms with Crippen molar-refractivity contribution >= 4 is 11.7 Å². The molecular formula is C18H23N5O4. The first-order valence-corrected chi connectivity index (χ1v) is 8.78. The van der Waals surface area contributed by atoms with Crippen LogP contribution in [0.15, 0.2) is 36.7 Å². The van der Waals surface area contributed by atoms with Crippen molar-refractivity contribution < 1.29 is 14.5 Å². The molecule has 1 aliphatic rings. The van der Waals surface area contributed by atoms with E-state index in [1.54, 1.807) is 23.0 Å². The van der Waals surface area contributed by atoms with E-state index in [1.807, 2.05) is 6.20 Å². The molecule has 0 aliphatic carbocycles. The summed E-state index contributed by atoms with van der Waals surface area (Å²) in [5.74, 6) is -0.102. The van der Waals surface area contributed by atoms with Crippen molar-refractivity contribution in [3.05, 3.63) is 52.3 Å². The molecule has 0 spiro atoms. The van der Waals surface area contributed by atoms with Crippen LogP contribution < -0.4 is 5.73 Å². The van der Waals surface area contributed by atoms with E-state index in [2.05, 4.69) is 10.00 Å². The Morgan fingerprint density at radius 3 is 2.74 bits per heavy atom. The number of esters is 1. The summed E-state index contributed by atoms with van der Waals surface area (Å²) in [4.78, 5) is 24.5. The summed E-state index contributed by atoms with van der Waals surface area (Å²) in [5, 5.41) is 15.1. The number of hydrogen-bond donors (Lipinski definition) is 1. The molecule has 1 aromatic heterocycles. The lowest BCUT2D eigenvalue weighted by Gasteiger charge is -2.35. The van der Waals surface area contributed by atoms with Gasteiger partial charge < -0.3 is 10.5 Å². The molecule has 3 rings (SSSR count). The Hall–Kier alpha value is -2.78. The summed E-state index contributed by atoms with van der Waals surface area (Å²) in [7, 11) is 1.41. The molecule has 27 heavy (non-hydrogen) atoms. The quantitative estimate of drug-likeness (QED) is 0.461. The van der Waals surface area contributed by atoms with Crippen LogP contribution in [0.5, 0.6) is 0 Å². The minimum atomic E-state index is -0.430. The fourth-order valence-corrected chi connectivity index (χ4v) is 3.51. The number of methoxy groups -OCH3 is 1. The second-order valence-electron chi connectivity index (χ2n) is 6.82.